The molecule has 3 rings (SSSR count). The number of benzene rings is 1. The summed E-state index contributed by atoms with van der Waals surface area (Å²) in [5, 5.41) is 11.4. The van der Waals surface area contributed by atoms with Crippen LogP contribution in [0, 0.1) is 11.3 Å². The molecule has 21 heavy (non-hydrogen) atoms. The van der Waals surface area contributed by atoms with Crippen LogP contribution in [0.2, 0.25) is 5.02 Å². The van der Waals surface area contributed by atoms with Crippen LogP contribution in [-0.2, 0) is 12.8 Å². The summed E-state index contributed by atoms with van der Waals surface area (Å²) in [7, 11) is 0. The first-order valence-electron chi connectivity index (χ1n) is 8.07. The fourth-order valence-electron chi connectivity index (χ4n) is 3.70. The maximum absolute atomic E-state index is 10.6. The van der Waals surface area contributed by atoms with E-state index in [9.17, 15) is 5.11 Å². The topological polar surface area (TPSA) is 29.5 Å². The number of fused-ring (bicyclic) bond motifs is 1. The van der Waals surface area contributed by atoms with E-state index in [4.69, 9.17) is 16.3 Å². The highest BCUT2D eigenvalue weighted by Crippen LogP contribution is 2.41. The van der Waals surface area contributed by atoms with Gasteiger partial charge >= 0.3 is 0 Å². The van der Waals surface area contributed by atoms with E-state index in [1.165, 1.54) is 18.4 Å². The Morgan fingerprint density at radius 3 is 2.76 bits per heavy atom. The molecule has 1 aromatic carbocycles. The van der Waals surface area contributed by atoms with Crippen LogP contribution in [0.15, 0.2) is 12.1 Å². The van der Waals surface area contributed by atoms with Crippen molar-refractivity contribution in [3.8, 4) is 5.75 Å². The number of hydrogen-bond acceptors (Lipinski definition) is 2. The highest BCUT2D eigenvalue weighted by molar-refractivity contribution is 6.30. The third-order valence-electron chi connectivity index (χ3n) is 5.18. The molecule has 2 nitrogen and oxygen atoms in total. The minimum atomic E-state index is -0.284. The van der Waals surface area contributed by atoms with E-state index in [2.05, 4.69) is 13.8 Å². The zero-order valence-electron chi connectivity index (χ0n) is 13.0. The molecule has 1 aliphatic carbocycles. The highest BCUT2D eigenvalue weighted by Gasteiger charge is 2.31. The van der Waals surface area contributed by atoms with Gasteiger partial charge in [-0.25, -0.2) is 0 Å². The number of aliphatic hydroxyl groups excluding tert-OH is 1. The third kappa shape index (κ3) is 3.37. The molecule has 1 unspecified atom stereocenters. The number of aliphatic hydroxyl groups is 1. The lowest BCUT2D eigenvalue weighted by Gasteiger charge is -2.36. The summed E-state index contributed by atoms with van der Waals surface area (Å²) < 4.78 is 5.74. The molecule has 0 saturated heterocycles. The summed E-state index contributed by atoms with van der Waals surface area (Å²) in [6.07, 6.45) is 5.96. The van der Waals surface area contributed by atoms with Crippen LogP contribution < -0.4 is 4.74 Å². The average molecular weight is 309 g/mol. The van der Waals surface area contributed by atoms with Crippen molar-refractivity contribution in [2.24, 2.45) is 11.3 Å². The molecule has 1 fully saturated rings. The SMILES string of the molecule is CC1(C)CCC(C(O)Cc2cc(Cl)cc3c2OCC3)CC1. The van der Waals surface area contributed by atoms with Gasteiger partial charge in [0.05, 0.1) is 12.7 Å². The zero-order valence-corrected chi connectivity index (χ0v) is 13.7. The first-order valence-corrected chi connectivity index (χ1v) is 8.44. The maximum atomic E-state index is 10.6. The van der Waals surface area contributed by atoms with Crippen LogP contribution in [0.5, 0.6) is 5.75 Å². The van der Waals surface area contributed by atoms with Crippen LogP contribution >= 0.6 is 11.6 Å². The van der Waals surface area contributed by atoms with Gasteiger partial charge in [-0.1, -0.05) is 25.4 Å². The van der Waals surface area contributed by atoms with Gasteiger partial charge in [-0.3, -0.25) is 0 Å². The van der Waals surface area contributed by atoms with Gasteiger partial charge in [-0.05, 0) is 60.3 Å². The van der Waals surface area contributed by atoms with E-state index in [1.54, 1.807) is 0 Å². The summed E-state index contributed by atoms with van der Waals surface area (Å²) in [6, 6.07) is 3.95. The Morgan fingerprint density at radius 2 is 2.05 bits per heavy atom. The van der Waals surface area contributed by atoms with Gasteiger partial charge in [0, 0.05) is 17.9 Å². The molecule has 2 aliphatic rings. The second-order valence-electron chi connectivity index (χ2n) is 7.42. The Bertz CT molecular complexity index is 514. The molecule has 1 aliphatic heterocycles. The molecule has 1 heterocycles. The fraction of sp³-hybridized carbons (Fsp3) is 0.667. The molecule has 0 bridgehead atoms. The lowest BCUT2D eigenvalue weighted by molar-refractivity contribution is 0.0572. The number of ether oxygens (including phenoxy) is 1. The molecule has 1 N–H and O–H groups in total. The number of halogens is 1. The van der Waals surface area contributed by atoms with Gasteiger partial charge in [0.25, 0.3) is 0 Å². The predicted molar refractivity (Wildman–Crippen MR) is 86.1 cm³/mol. The van der Waals surface area contributed by atoms with Crippen LogP contribution in [0.1, 0.15) is 50.7 Å². The molecule has 1 atom stereocenters. The highest BCUT2D eigenvalue weighted by atomic mass is 35.5. The Hall–Kier alpha value is -0.730. The quantitative estimate of drug-likeness (QED) is 0.897. The van der Waals surface area contributed by atoms with Gasteiger partial charge < -0.3 is 9.84 Å². The van der Waals surface area contributed by atoms with Crippen molar-refractivity contribution in [2.75, 3.05) is 6.61 Å². The van der Waals surface area contributed by atoms with Crippen LogP contribution in [-0.4, -0.2) is 17.8 Å². The molecule has 1 saturated carbocycles. The monoisotopic (exact) mass is 308 g/mol. The van der Waals surface area contributed by atoms with E-state index in [-0.39, 0.29) is 6.10 Å². The smallest absolute Gasteiger partial charge is 0.126 e. The van der Waals surface area contributed by atoms with Crippen molar-refractivity contribution in [1.29, 1.82) is 0 Å². The van der Waals surface area contributed by atoms with E-state index in [1.807, 2.05) is 12.1 Å². The largest absolute Gasteiger partial charge is 0.493 e. The first kappa shape index (κ1) is 15.2. The van der Waals surface area contributed by atoms with E-state index >= 15 is 0 Å². The summed E-state index contributed by atoms with van der Waals surface area (Å²) in [4.78, 5) is 0. The van der Waals surface area contributed by atoms with E-state index < -0.39 is 0 Å². The second-order valence-corrected chi connectivity index (χ2v) is 7.86. The molecule has 0 amide bonds. The number of rotatable bonds is 3. The second kappa shape index (κ2) is 5.81. The van der Waals surface area contributed by atoms with Crippen molar-refractivity contribution in [2.45, 2.75) is 58.5 Å². The normalized spacial score (nSPS) is 22.7. The Kier molecular flexibility index (Phi) is 4.20. The molecule has 116 valence electrons. The van der Waals surface area contributed by atoms with Gasteiger partial charge in [-0.15, -0.1) is 0 Å². The van der Waals surface area contributed by atoms with E-state index in [0.29, 0.717) is 17.8 Å². The van der Waals surface area contributed by atoms with Gasteiger partial charge in [0.1, 0.15) is 5.75 Å². The molecular weight excluding hydrogens is 284 g/mol. The average Bonchev–Trinajstić information content (AvgIpc) is 2.86. The van der Waals surface area contributed by atoms with Crippen molar-refractivity contribution in [3.05, 3.63) is 28.3 Å². The number of hydrogen-bond donors (Lipinski definition) is 1. The van der Waals surface area contributed by atoms with Gasteiger partial charge in [-0.2, -0.15) is 0 Å². The molecule has 3 heteroatoms. The zero-order chi connectivity index (χ0) is 15.0. The van der Waals surface area contributed by atoms with Crippen molar-refractivity contribution >= 4 is 11.6 Å². The molecule has 0 spiro atoms. The van der Waals surface area contributed by atoms with Gasteiger partial charge in [0.2, 0.25) is 0 Å². The summed E-state index contributed by atoms with van der Waals surface area (Å²) in [5.74, 6) is 1.38. The molecule has 1 aromatic rings. The Labute approximate surface area is 132 Å². The van der Waals surface area contributed by atoms with Crippen LogP contribution in [0.4, 0.5) is 0 Å². The minimum Gasteiger partial charge on any atom is -0.493 e. The summed E-state index contributed by atoms with van der Waals surface area (Å²) >= 11 is 6.20. The summed E-state index contributed by atoms with van der Waals surface area (Å²) in [6.45, 7) is 5.39. The Balaban J connectivity index is 1.70. The lowest BCUT2D eigenvalue weighted by Crippen LogP contribution is -2.30. The Morgan fingerprint density at radius 1 is 1.33 bits per heavy atom. The predicted octanol–water partition coefficient (Wildman–Crippen LogP) is 4.39. The van der Waals surface area contributed by atoms with Crippen LogP contribution in [0.3, 0.4) is 0 Å². The summed E-state index contributed by atoms with van der Waals surface area (Å²) in [5.41, 5.74) is 2.71. The van der Waals surface area contributed by atoms with Crippen molar-refractivity contribution < 1.29 is 9.84 Å². The van der Waals surface area contributed by atoms with Crippen molar-refractivity contribution in [3.63, 3.8) is 0 Å². The molecule has 0 radical (unpaired) electrons. The molecule has 0 aromatic heterocycles. The maximum Gasteiger partial charge on any atom is 0.126 e. The first-order chi connectivity index (χ1) is 9.94. The minimum absolute atomic E-state index is 0.284. The van der Waals surface area contributed by atoms with E-state index in [0.717, 1.165) is 42.2 Å². The lowest BCUT2D eigenvalue weighted by atomic mass is 9.71. The standard InChI is InChI=1S/C18H25ClO2/c1-18(2)6-3-12(4-7-18)16(20)11-14-10-15(19)9-13-5-8-21-17(13)14/h9-10,12,16,20H,3-8,11H2,1-2H3. The molecular formula is C18H25ClO2. The third-order valence-corrected chi connectivity index (χ3v) is 5.40. The van der Waals surface area contributed by atoms with Crippen molar-refractivity contribution in [1.82, 2.24) is 0 Å². The van der Waals surface area contributed by atoms with Crippen LogP contribution in [0.25, 0.3) is 0 Å². The fourth-order valence-corrected chi connectivity index (χ4v) is 3.96. The van der Waals surface area contributed by atoms with Gasteiger partial charge in [0.15, 0.2) is 0 Å².